The van der Waals surface area contributed by atoms with E-state index in [1.807, 2.05) is 24.3 Å². The van der Waals surface area contributed by atoms with Crippen molar-refractivity contribution in [3.8, 4) is 0 Å². The van der Waals surface area contributed by atoms with E-state index in [2.05, 4.69) is 4.72 Å². The van der Waals surface area contributed by atoms with Crippen LogP contribution >= 0.6 is 0 Å². The van der Waals surface area contributed by atoms with Gasteiger partial charge in [-0.25, -0.2) is 13.1 Å². The monoisotopic (exact) mass is 373 g/mol. The Labute approximate surface area is 153 Å². The van der Waals surface area contributed by atoms with E-state index in [0.717, 1.165) is 23.6 Å². The van der Waals surface area contributed by atoms with Crippen molar-refractivity contribution in [1.82, 2.24) is 4.72 Å². The summed E-state index contributed by atoms with van der Waals surface area (Å²) in [4.78, 5) is 24.2. The molecule has 2 aromatic carbocycles. The third kappa shape index (κ3) is 4.19. The first-order valence-electron chi connectivity index (χ1n) is 8.90. The van der Waals surface area contributed by atoms with Crippen molar-refractivity contribution in [2.24, 2.45) is 5.92 Å². The Hall–Kier alpha value is -2.05. The Morgan fingerprint density at radius 2 is 1.85 bits per heavy atom. The number of nitrogens with one attached hydrogen (secondary N) is 1. The molecule has 6 heteroatoms. The lowest BCUT2D eigenvalue weighted by atomic mass is 9.90. The van der Waals surface area contributed by atoms with Crippen molar-refractivity contribution >= 4 is 32.4 Å². The molecule has 26 heavy (non-hydrogen) atoms. The molecule has 0 radical (unpaired) electrons. The van der Waals surface area contributed by atoms with Gasteiger partial charge in [0.05, 0.1) is 10.9 Å². The van der Waals surface area contributed by atoms with Gasteiger partial charge in [0.1, 0.15) is 11.6 Å². The molecule has 1 aliphatic rings. The molecule has 2 aromatic rings. The predicted molar refractivity (Wildman–Crippen MR) is 100 cm³/mol. The summed E-state index contributed by atoms with van der Waals surface area (Å²) in [6.07, 6.45) is 3.08. The lowest BCUT2D eigenvalue weighted by molar-refractivity contribution is -0.121. The van der Waals surface area contributed by atoms with Crippen LogP contribution in [0.4, 0.5) is 0 Å². The van der Waals surface area contributed by atoms with Crippen LogP contribution < -0.4 is 4.72 Å². The molecule has 0 saturated heterocycles. The van der Waals surface area contributed by atoms with Gasteiger partial charge in [0.15, 0.2) is 0 Å². The van der Waals surface area contributed by atoms with Crippen LogP contribution in [0.25, 0.3) is 10.8 Å². The van der Waals surface area contributed by atoms with E-state index >= 15 is 0 Å². The minimum Gasteiger partial charge on any atom is -0.300 e. The molecule has 1 aliphatic carbocycles. The highest BCUT2D eigenvalue weighted by atomic mass is 32.2. The van der Waals surface area contributed by atoms with Crippen LogP contribution in [-0.4, -0.2) is 26.0 Å². The van der Waals surface area contributed by atoms with Crippen LogP contribution in [0.3, 0.4) is 0 Å². The standard InChI is InChI=1S/C20H23NO4S/c1-14(22)20(17-8-4-5-9-18(23)12-17)21-26(24,25)19-11-10-15-6-2-3-7-16(15)13-19/h2-3,6-7,10-11,13,17,20-21H,4-5,8-9,12H2,1H3. The zero-order valence-electron chi connectivity index (χ0n) is 14.8. The minimum atomic E-state index is -3.86. The summed E-state index contributed by atoms with van der Waals surface area (Å²) in [5.41, 5.74) is 0. The van der Waals surface area contributed by atoms with E-state index in [9.17, 15) is 18.0 Å². The van der Waals surface area contributed by atoms with E-state index in [1.165, 1.54) is 6.92 Å². The summed E-state index contributed by atoms with van der Waals surface area (Å²) in [6, 6.07) is 11.5. The second kappa shape index (κ2) is 7.68. The number of sulfonamides is 1. The number of carbonyl (C=O) groups is 2. The van der Waals surface area contributed by atoms with Crippen LogP contribution in [0, 0.1) is 5.92 Å². The summed E-state index contributed by atoms with van der Waals surface area (Å²) in [6.45, 7) is 1.38. The quantitative estimate of drug-likeness (QED) is 0.816. The van der Waals surface area contributed by atoms with Crippen molar-refractivity contribution in [3.05, 3.63) is 42.5 Å². The second-order valence-corrected chi connectivity index (χ2v) is 8.68. The third-order valence-corrected chi connectivity index (χ3v) is 6.43. The van der Waals surface area contributed by atoms with E-state index in [4.69, 9.17) is 0 Å². The van der Waals surface area contributed by atoms with Gasteiger partial charge in [-0.05, 0) is 48.6 Å². The van der Waals surface area contributed by atoms with E-state index in [-0.39, 0.29) is 28.8 Å². The van der Waals surface area contributed by atoms with Gasteiger partial charge in [-0.3, -0.25) is 9.59 Å². The molecule has 0 spiro atoms. The average Bonchev–Trinajstić information content (AvgIpc) is 2.83. The molecular formula is C20H23NO4S. The number of hydrogen-bond acceptors (Lipinski definition) is 4. The largest absolute Gasteiger partial charge is 0.300 e. The zero-order valence-corrected chi connectivity index (χ0v) is 15.6. The Morgan fingerprint density at radius 3 is 2.58 bits per heavy atom. The number of benzene rings is 2. The molecule has 2 atom stereocenters. The Balaban J connectivity index is 1.88. The van der Waals surface area contributed by atoms with Gasteiger partial charge in [0, 0.05) is 12.8 Å². The van der Waals surface area contributed by atoms with Crippen LogP contribution in [0.5, 0.6) is 0 Å². The second-order valence-electron chi connectivity index (χ2n) is 6.97. The van der Waals surface area contributed by atoms with Crippen LogP contribution in [0.2, 0.25) is 0 Å². The molecule has 3 rings (SSSR count). The van der Waals surface area contributed by atoms with Gasteiger partial charge in [0.25, 0.3) is 0 Å². The molecule has 1 saturated carbocycles. The summed E-state index contributed by atoms with van der Waals surface area (Å²) in [5.74, 6) is -0.435. The van der Waals surface area contributed by atoms with Gasteiger partial charge in [-0.2, -0.15) is 0 Å². The maximum atomic E-state index is 12.9. The van der Waals surface area contributed by atoms with Crippen molar-refractivity contribution in [2.75, 3.05) is 0 Å². The number of ketones is 2. The summed E-state index contributed by atoms with van der Waals surface area (Å²) in [5, 5.41) is 1.77. The molecule has 138 valence electrons. The topological polar surface area (TPSA) is 80.3 Å². The minimum absolute atomic E-state index is 0.101. The first kappa shape index (κ1) is 18.7. The first-order valence-corrected chi connectivity index (χ1v) is 10.4. The smallest absolute Gasteiger partial charge is 0.241 e. The Bertz CT molecular complexity index is 936. The highest BCUT2D eigenvalue weighted by Crippen LogP contribution is 2.26. The molecule has 0 aromatic heterocycles. The van der Waals surface area contributed by atoms with Gasteiger partial charge < -0.3 is 0 Å². The summed E-state index contributed by atoms with van der Waals surface area (Å²) in [7, 11) is -3.86. The van der Waals surface area contributed by atoms with Crippen LogP contribution in [-0.2, 0) is 19.6 Å². The van der Waals surface area contributed by atoms with Gasteiger partial charge >= 0.3 is 0 Å². The molecule has 1 fully saturated rings. The van der Waals surface area contributed by atoms with Crippen molar-refractivity contribution in [2.45, 2.75) is 50.0 Å². The number of hydrogen-bond donors (Lipinski definition) is 1. The number of fused-ring (bicyclic) bond motifs is 1. The van der Waals surface area contributed by atoms with E-state index < -0.39 is 16.1 Å². The predicted octanol–water partition coefficient (Wildman–Crippen LogP) is 3.23. The maximum absolute atomic E-state index is 12.9. The molecule has 1 N–H and O–H groups in total. The molecule has 0 aliphatic heterocycles. The SMILES string of the molecule is CC(=O)C(NS(=O)(=O)c1ccc2ccccc2c1)C1CCCCC(=O)C1. The maximum Gasteiger partial charge on any atom is 0.241 e. The van der Waals surface area contributed by atoms with Gasteiger partial charge in [-0.1, -0.05) is 36.8 Å². The van der Waals surface area contributed by atoms with Crippen molar-refractivity contribution in [3.63, 3.8) is 0 Å². The molecule has 0 amide bonds. The third-order valence-electron chi connectivity index (χ3n) is 4.99. The molecule has 0 heterocycles. The highest BCUT2D eigenvalue weighted by Gasteiger charge is 2.32. The van der Waals surface area contributed by atoms with Crippen molar-refractivity contribution < 1.29 is 18.0 Å². The number of rotatable bonds is 5. The normalized spacial score (nSPS) is 19.9. The van der Waals surface area contributed by atoms with E-state index in [0.29, 0.717) is 12.8 Å². The molecule has 5 nitrogen and oxygen atoms in total. The number of Topliss-reactive ketones (excluding diaryl/α,β-unsaturated/α-hetero) is 2. The zero-order chi connectivity index (χ0) is 18.7. The van der Waals surface area contributed by atoms with Gasteiger partial charge in [0.2, 0.25) is 10.0 Å². The van der Waals surface area contributed by atoms with Crippen LogP contribution in [0.15, 0.2) is 47.4 Å². The van der Waals surface area contributed by atoms with Crippen LogP contribution in [0.1, 0.15) is 39.0 Å². The molecule has 0 bridgehead atoms. The fourth-order valence-electron chi connectivity index (χ4n) is 3.59. The summed E-state index contributed by atoms with van der Waals surface area (Å²) < 4.78 is 28.3. The lowest BCUT2D eigenvalue weighted by Crippen LogP contribution is -2.45. The summed E-state index contributed by atoms with van der Waals surface area (Å²) >= 11 is 0. The highest BCUT2D eigenvalue weighted by molar-refractivity contribution is 7.89. The fourth-order valence-corrected chi connectivity index (χ4v) is 4.95. The lowest BCUT2D eigenvalue weighted by Gasteiger charge is -2.24. The molecular weight excluding hydrogens is 350 g/mol. The van der Waals surface area contributed by atoms with E-state index in [1.54, 1.807) is 18.2 Å². The first-order chi connectivity index (χ1) is 12.4. The Kier molecular flexibility index (Phi) is 5.53. The Morgan fingerprint density at radius 1 is 1.12 bits per heavy atom. The molecule has 2 unspecified atom stereocenters. The number of carbonyl (C=O) groups excluding carboxylic acids is 2. The van der Waals surface area contributed by atoms with Gasteiger partial charge in [-0.15, -0.1) is 0 Å². The van der Waals surface area contributed by atoms with Crippen molar-refractivity contribution in [1.29, 1.82) is 0 Å². The fraction of sp³-hybridized carbons (Fsp3) is 0.400. The average molecular weight is 373 g/mol.